The van der Waals surface area contributed by atoms with Crippen LogP contribution >= 0.6 is 11.8 Å². The Morgan fingerprint density at radius 3 is 2.65 bits per heavy atom. The average molecular weight is 538 g/mol. The van der Waals surface area contributed by atoms with Crippen molar-refractivity contribution < 1.29 is 32.5 Å². The molecule has 2 aliphatic heterocycles. The molecule has 0 unspecified atom stereocenters. The van der Waals surface area contributed by atoms with Crippen molar-refractivity contribution in [3.8, 4) is 11.5 Å². The van der Waals surface area contributed by atoms with Crippen LogP contribution in [0.4, 0.5) is 19.0 Å². The number of amides is 1. The molecule has 2 aliphatic rings. The van der Waals surface area contributed by atoms with E-state index in [0.29, 0.717) is 41.7 Å². The molecule has 3 aromatic rings. The van der Waals surface area contributed by atoms with Gasteiger partial charge in [0.25, 0.3) is 5.91 Å². The zero-order chi connectivity index (χ0) is 26.3. The number of imidazole rings is 1. The SMILES string of the molecule is C[C@@H](O)C(=O)N1CCC(CCn2c(Sc3cc4c(cc3C(F)(F)F)OCO4)nc3c(N)nccc32)CC1. The van der Waals surface area contributed by atoms with Gasteiger partial charge in [-0.3, -0.25) is 4.79 Å². The Morgan fingerprint density at radius 2 is 1.97 bits per heavy atom. The van der Waals surface area contributed by atoms with Crippen molar-refractivity contribution in [1.29, 1.82) is 0 Å². The fraction of sp³-hybridized carbons (Fsp3) is 0.458. The number of aromatic nitrogens is 3. The van der Waals surface area contributed by atoms with Crippen molar-refractivity contribution in [2.24, 2.45) is 5.92 Å². The summed E-state index contributed by atoms with van der Waals surface area (Å²) in [5.74, 6) is 0.537. The number of pyridine rings is 1. The van der Waals surface area contributed by atoms with Crippen LogP contribution in [-0.2, 0) is 17.5 Å². The fourth-order valence-electron chi connectivity index (χ4n) is 4.69. The fourth-order valence-corrected chi connectivity index (χ4v) is 5.77. The summed E-state index contributed by atoms with van der Waals surface area (Å²) in [5.41, 5.74) is 6.32. The molecule has 0 spiro atoms. The second-order valence-electron chi connectivity index (χ2n) is 9.14. The van der Waals surface area contributed by atoms with E-state index in [1.807, 2.05) is 4.57 Å². The molecule has 4 heterocycles. The summed E-state index contributed by atoms with van der Waals surface area (Å²) >= 11 is 0.895. The summed E-state index contributed by atoms with van der Waals surface area (Å²) in [6.45, 7) is 2.95. The third kappa shape index (κ3) is 5.14. The normalized spacial score (nSPS) is 16.9. The molecule has 1 atom stereocenters. The van der Waals surface area contributed by atoms with E-state index in [-0.39, 0.29) is 34.9 Å². The summed E-state index contributed by atoms with van der Waals surface area (Å²) in [5, 5.41) is 9.92. The largest absolute Gasteiger partial charge is 0.454 e. The predicted molar refractivity (Wildman–Crippen MR) is 129 cm³/mol. The molecule has 198 valence electrons. The van der Waals surface area contributed by atoms with Gasteiger partial charge < -0.3 is 29.8 Å². The first-order valence-corrected chi connectivity index (χ1v) is 12.7. The van der Waals surface area contributed by atoms with Crippen LogP contribution in [0.5, 0.6) is 11.5 Å². The Labute approximate surface area is 214 Å². The number of aliphatic hydroxyl groups is 1. The number of benzene rings is 1. The number of nitrogens with zero attached hydrogens (tertiary/aromatic N) is 4. The number of alkyl halides is 3. The van der Waals surface area contributed by atoms with Gasteiger partial charge in [0, 0.05) is 30.7 Å². The Balaban J connectivity index is 1.41. The molecule has 0 bridgehead atoms. The number of ether oxygens (including phenoxy) is 2. The predicted octanol–water partition coefficient (Wildman–Crippen LogP) is 3.92. The zero-order valence-electron chi connectivity index (χ0n) is 20.0. The molecule has 37 heavy (non-hydrogen) atoms. The van der Waals surface area contributed by atoms with Crippen LogP contribution in [-0.4, -0.2) is 56.4 Å². The monoisotopic (exact) mass is 537 g/mol. The molecule has 1 aromatic carbocycles. The Morgan fingerprint density at radius 1 is 1.27 bits per heavy atom. The summed E-state index contributed by atoms with van der Waals surface area (Å²) in [7, 11) is 0. The van der Waals surface area contributed by atoms with E-state index < -0.39 is 17.8 Å². The highest BCUT2D eigenvalue weighted by atomic mass is 32.2. The van der Waals surface area contributed by atoms with E-state index >= 15 is 0 Å². The van der Waals surface area contributed by atoms with E-state index in [0.717, 1.165) is 37.1 Å². The van der Waals surface area contributed by atoms with E-state index in [4.69, 9.17) is 15.2 Å². The highest BCUT2D eigenvalue weighted by molar-refractivity contribution is 7.99. The number of fused-ring (bicyclic) bond motifs is 2. The van der Waals surface area contributed by atoms with Gasteiger partial charge in [0.1, 0.15) is 11.6 Å². The molecule has 5 rings (SSSR count). The minimum atomic E-state index is -4.60. The van der Waals surface area contributed by atoms with Crippen LogP contribution in [0.2, 0.25) is 0 Å². The molecule has 13 heteroatoms. The van der Waals surface area contributed by atoms with Gasteiger partial charge in [-0.25, -0.2) is 9.97 Å². The number of nitrogen functional groups attached to an aromatic ring is 1. The number of hydrogen-bond donors (Lipinski definition) is 2. The first kappa shape index (κ1) is 25.5. The van der Waals surface area contributed by atoms with Gasteiger partial charge in [0.15, 0.2) is 22.5 Å². The number of nitrogens with two attached hydrogens (primary N) is 1. The lowest BCUT2D eigenvalue weighted by Gasteiger charge is -2.33. The van der Waals surface area contributed by atoms with E-state index in [2.05, 4.69) is 9.97 Å². The van der Waals surface area contributed by atoms with E-state index in [1.165, 1.54) is 13.0 Å². The lowest BCUT2D eigenvalue weighted by Crippen LogP contribution is -2.43. The Hall–Kier alpha value is -3.19. The molecule has 1 fully saturated rings. The average Bonchev–Trinajstić information content (AvgIpc) is 3.46. The maximum atomic E-state index is 13.9. The van der Waals surface area contributed by atoms with Gasteiger partial charge in [-0.2, -0.15) is 13.2 Å². The van der Waals surface area contributed by atoms with Crippen LogP contribution in [0.1, 0.15) is 31.7 Å². The molecule has 3 N–H and O–H groups in total. The van der Waals surface area contributed by atoms with Crippen molar-refractivity contribution in [3.05, 3.63) is 30.0 Å². The van der Waals surface area contributed by atoms with Crippen LogP contribution in [0.25, 0.3) is 11.0 Å². The second kappa shape index (κ2) is 9.93. The molecular formula is C24H26F3N5O4S. The van der Waals surface area contributed by atoms with Crippen molar-refractivity contribution >= 4 is 34.5 Å². The summed E-state index contributed by atoms with van der Waals surface area (Å²) in [6, 6.07) is 4.03. The number of aliphatic hydroxyl groups excluding tert-OH is 1. The van der Waals surface area contributed by atoms with Gasteiger partial charge in [-0.15, -0.1) is 0 Å². The number of halogens is 3. The lowest BCUT2D eigenvalue weighted by atomic mass is 9.93. The van der Waals surface area contributed by atoms with Crippen molar-refractivity contribution in [2.75, 3.05) is 25.6 Å². The van der Waals surface area contributed by atoms with Gasteiger partial charge >= 0.3 is 6.18 Å². The Bertz CT molecular complexity index is 1320. The van der Waals surface area contributed by atoms with Crippen molar-refractivity contribution in [3.63, 3.8) is 0 Å². The van der Waals surface area contributed by atoms with Crippen LogP contribution in [0.15, 0.2) is 34.4 Å². The van der Waals surface area contributed by atoms with Gasteiger partial charge in [-0.05, 0) is 50.3 Å². The quantitative estimate of drug-likeness (QED) is 0.486. The number of aryl methyl sites for hydroxylation is 1. The maximum Gasteiger partial charge on any atom is 0.417 e. The first-order valence-electron chi connectivity index (χ1n) is 11.9. The topological polar surface area (TPSA) is 116 Å². The van der Waals surface area contributed by atoms with Gasteiger partial charge in [-0.1, -0.05) is 11.8 Å². The molecule has 2 aromatic heterocycles. The summed E-state index contributed by atoms with van der Waals surface area (Å²) < 4.78 is 54.1. The maximum absolute atomic E-state index is 13.9. The molecule has 0 radical (unpaired) electrons. The van der Waals surface area contributed by atoms with Crippen LogP contribution in [0, 0.1) is 5.92 Å². The number of likely N-dealkylation sites (tertiary alicyclic amines) is 1. The molecule has 0 saturated carbocycles. The number of carbonyl (C=O) groups is 1. The van der Waals surface area contributed by atoms with Crippen LogP contribution < -0.4 is 15.2 Å². The standard InChI is InChI=1S/C24H26F3N5O4S/c1-13(33)22(34)31-7-3-14(4-8-31)5-9-32-16-2-6-29-21(28)20(16)30-23(32)37-19-11-18-17(35-12-36-18)10-15(19)24(25,26)27/h2,6,10-11,13-14,33H,3-5,7-9,12H2,1H3,(H2,28,29)/t13-/m1/s1. The van der Waals surface area contributed by atoms with E-state index in [9.17, 15) is 23.1 Å². The second-order valence-corrected chi connectivity index (χ2v) is 10.2. The highest BCUT2D eigenvalue weighted by Crippen LogP contribution is 2.46. The number of rotatable bonds is 6. The minimum Gasteiger partial charge on any atom is -0.454 e. The van der Waals surface area contributed by atoms with Gasteiger partial charge in [0.05, 0.1) is 11.1 Å². The molecule has 9 nitrogen and oxygen atoms in total. The minimum absolute atomic E-state index is 0.0511. The molecule has 1 amide bonds. The number of piperidine rings is 1. The summed E-state index contributed by atoms with van der Waals surface area (Å²) in [4.78, 5) is 22.3. The number of anilines is 1. The highest BCUT2D eigenvalue weighted by Gasteiger charge is 2.37. The third-order valence-electron chi connectivity index (χ3n) is 6.69. The first-order chi connectivity index (χ1) is 17.6. The molecule has 1 saturated heterocycles. The zero-order valence-corrected chi connectivity index (χ0v) is 20.8. The van der Waals surface area contributed by atoms with Crippen molar-refractivity contribution in [1.82, 2.24) is 19.4 Å². The van der Waals surface area contributed by atoms with Crippen molar-refractivity contribution in [2.45, 2.75) is 55.1 Å². The number of carbonyl (C=O) groups excluding carboxylic acids is 1. The smallest absolute Gasteiger partial charge is 0.417 e. The van der Waals surface area contributed by atoms with Gasteiger partial charge in [0.2, 0.25) is 6.79 Å². The van der Waals surface area contributed by atoms with E-state index in [1.54, 1.807) is 17.2 Å². The number of hydrogen-bond acceptors (Lipinski definition) is 8. The Kier molecular flexibility index (Phi) is 6.84. The molecule has 0 aliphatic carbocycles. The third-order valence-corrected chi connectivity index (χ3v) is 7.74. The molecular weight excluding hydrogens is 511 g/mol. The van der Waals surface area contributed by atoms with Crippen LogP contribution in [0.3, 0.4) is 0 Å². The lowest BCUT2D eigenvalue weighted by molar-refractivity contribution is -0.141. The summed E-state index contributed by atoms with van der Waals surface area (Å²) in [6.07, 6.45) is -1.78.